The van der Waals surface area contributed by atoms with Crippen LogP contribution in [0.3, 0.4) is 0 Å². The van der Waals surface area contributed by atoms with Gasteiger partial charge in [0.1, 0.15) is 0 Å². The molecule has 0 spiro atoms. The van der Waals surface area contributed by atoms with Crippen molar-refractivity contribution in [1.82, 2.24) is 10.6 Å². The van der Waals surface area contributed by atoms with Crippen LogP contribution in [-0.2, 0) is 0 Å². The zero-order valence-corrected chi connectivity index (χ0v) is 8.12. The first-order valence-corrected chi connectivity index (χ1v) is 4.41. The first-order valence-electron chi connectivity index (χ1n) is 4.41. The zero-order chi connectivity index (χ0) is 8.54. The SMILES string of the molecule is CC(C)(C)C1(C)CNCCN1. The summed E-state index contributed by atoms with van der Waals surface area (Å²) < 4.78 is 0. The highest BCUT2D eigenvalue weighted by Crippen LogP contribution is 2.29. The summed E-state index contributed by atoms with van der Waals surface area (Å²) in [6.07, 6.45) is 0. The van der Waals surface area contributed by atoms with E-state index in [0.29, 0.717) is 5.41 Å². The molecule has 0 amide bonds. The van der Waals surface area contributed by atoms with Gasteiger partial charge < -0.3 is 10.6 Å². The Hall–Kier alpha value is -0.0800. The van der Waals surface area contributed by atoms with Crippen LogP contribution >= 0.6 is 0 Å². The molecule has 1 unspecified atom stereocenters. The van der Waals surface area contributed by atoms with Crippen LogP contribution in [0.4, 0.5) is 0 Å². The highest BCUT2D eigenvalue weighted by atomic mass is 15.1. The second-order valence-corrected chi connectivity index (χ2v) is 4.69. The van der Waals surface area contributed by atoms with Crippen molar-refractivity contribution in [2.45, 2.75) is 33.2 Å². The molecule has 1 aliphatic rings. The first kappa shape index (κ1) is 9.01. The number of hydrogen-bond donors (Lipinski definition) is 2. The van der Waals surface area contributed by atoms with E-state index in [9.17, 15) is 0 Å². The van der Waals surface area contributed by atoms with E-state index in [2.05, 4.69) is 38.3 Å². The third-order valence-electron chi connectivity index (χ3n) is 2.95. The summed E-state index contributed by atoms with van der Waals surface area (Å²) >= 11 is 0. The molecule has 0 bridgehead atoms. The Balaban J connectivity index is 2.64. The van der Waals surface area contributed by atoms with Gasteiger partial charge in [-0.1, -0.05) is 20.8 Å². The molecular weight excluding hydrogens is 136 g/mol. The lowest BCUT2D eigenvalue weighted by atomic mass is 9.74. The van der Waals surface area contributed by atoms with Crippen LogP contribution in [0.2, 0.25) is 0 Å². The molecule has 2 N–H and O–H groups in total. The Kier molecular flexibility index (Phi) is 2.26. The molecule has 0 aromatic rings. The van der Waals surface area contributed by atoms with Crippen molar-refractivity contribution in [2.24, 2.45) is 5.41 Å². The molecular formula is C9H20N2. The van der Waals surface area contributed by atoms with Gasteiger partial charge in [0.2, 0.25) is 0 Å². The van der Waals surface area contributed by atoms with Crippen LogP contribution in [0.1, 0.15) is 27.7 Å². The third kappa shape index (κ3) is 1.74. The summed E-state index contributed by atoms with van der Waals surface area (Å²) in [5.74, 6) is 0. The van der Waals surface area contributed by atoms with Crippen LogP contribution in [0, 0.1) is 5.41 Å². The molecule has 11 heavy (non-hydrogen) atoms. The zero-order valence-electron chi connectivity index (χ0n) is 8.12. The van der Waals surface area contributed by atoms with Crippen molar-refractivity contribution in [2.75, 3.05) is 19.6 Å². The fourth-order valence-electron chi connectivity index (χ4n) is 1.36. The Bertz CT molecular complexity index is 129. The molecule has 1 fully saturated rings. The summed E-state index contributed by atoms with van der Waals surface area (Å²) in [5.41, 5.74) is 0.589. The lowest BCUT2D eigenvalue weighted by molar-refractivity contribution is 0.134. The minimum Gasteiger partial charge on any atom is -0.314 e. The van der Waals surface area contributed by atoms with Crippen LogP contribution in [-0.4, -0.2) is 25.2 Å². The van der Waals surface area contributed by atoms with Crippen molar-refractivity contribution in [3.63, 3.8) is 0 Å². The van der Waals surface area contributed by atoms with E-state index in [1.54, 1.807) is 0 Å². The fraction of sp³-hybridized carbons (Fsp3) is 1.00. The molecule has 0 saturated carbocycles. The lowest BCUT2D eigenvalue weighted by Crippen LogP contribution is -2.63. The van der Waals surface area contributed by atoms with Crippen LogP contribution in [0.25, 0.3) is 0 Å². The molecule has 1 rings (SSSR count). The minimum atomic E-state index is 0.255. The molecule has 0 radical (unpaired) electrons. The second kappa shape index (κ2) is 2.76. The van der Waals surface area contributed by atoms with E-state index in [1.807, 2.05) is 0 Å². The highest BCUT2D eigenvalue weighted by Gasteiger charge is 2.37. The summed E-state index contributed by atoms with van der Waals surface area (Å²) in [6.45, 7) is 12.4. The summed E-state index contributed by atoms with van der Waals surface area (Å²) in [4.78, 5) is 0. The van der Waals surface area contributed by atoms with Gasteiger partial charge in [0.05, 0.1) is 0 Å². The van der Waals surface area contributed by atoms with Gasteiger partial charge in [-0.25, -0.2) is 0 Å². The van der Waals surface area contributed by atoms with Gasteiger partial charge in [0, 0.05) is 25.2 Å². The van der Waals surface area contributed by atoms with E-state index in [-0.39, 0.29) is 5.54 Å². The molecule has 0 aromatic heterocycles. The third-order valence-corrected chi connectivity index (χ3v) is 2.95. The molecule has 0 aromatic carbocycles. The monoisotopic (exact) mass is 156 g/mol. The van der Waals surface area contributed by atoms with Gasteiger partial charge in [-0.2, -0.15) is 0 Å². The molecule has 1 saturated heterocycles. The summed E-state index contributed by atoms with van der Waals surface area (Å²) in [7, 11) is 0. The predicted molar refractivity (Wildman–Crippen MR) is 48.7 cm³/mol. The van der Waals surface area contributed by atoms with Crippen molar-refractivity contribution >= 4 is 0 Å². The number of piperazine rings is 1. The Morgan fingerprint density at radius 2 is 1.82 bits per heavy atom. The van der Waals surface area contributed by atoms with Gasteiger partial charge >= 0.3 is 0 Å². The van der Waals surface area contributed by atoms with Crippen molar-refractivity contribution in [3.05, 3.63) is 0 Å². The van der Waals surface area contributed by atoms with Gasteiger partial charge in [0.15, 0.2) is 0 Å². The highest BCUT2D eigenvalue weighted by molar-refractivity contribution is 4.98. The number of hydrogen-bond acceptors (Lipinski definition) is 2. The van der Waals surface area contributed by atoms with Crippen LogP contribution in [0.5, 0.6) is 0 Å². The molecule has 0 aliphatic carbocycles. The van der Waals surface area contributed by atoms with Crippen LogP contribution in [0.15, 0.2) is 0 Å². The van der Waals surface area contributed by atoms with E-state index in [1.165, 1.54) is 0 Å². The predicted octanol–water partition coefficient (Wildman–Crippen LogP) is 0.984. The molecule has 2 heteroatoms. The average Bonchev–Trinajstić information content (AvgIpc) is 1.87. The van der Waals surface area contributed by atoms with Crippen molar-refractivity contribution in [1.29, 1.82) is 0 Å². The molecule has 1 atom stereocenters. The Labute approximate surface area is 69.8 Å². The van der Waals surface area contributed by atoms with Crippen molar-refractivity contribution < 1.29 is 0 Å². The second-order valence-electron chi connectivity index (χ2n) is 4.69. The van der Waals surface area contributed by atoms with Gasteiger partial charge in [0.25, 0.3) is 0 Å². The Morgan fingerprint density at radius 3 is 2.09 bits per heavy atom. The summed E-state index contributed by atoms with van der Waals surface area (Å²) in [5, 5.41) is 6.99. The smallest absolute Gasteiger partial charge is 0.0327 e. The lowest BCUT2D eigenvalue weighted by Gasteiger charge is -2.45. The van der Waals surface area contributed by atoms with Gasteiger partial charge in [-0.05, 0) is 12.3 Å². The summed E-state index contributed by atoms with van der Waals surface area (Å²) in [6, 6.07) is 0. The Morgan fingerprint density at radius 1 is 1.18 bits per heavy atom. The van der Waals surface area contributed by atoms with E-state index >= 15 is 0 Å². The molecule has 2 nitrogen and oxygen atoms in total. The maximum absolute atomic E-state index is 3.57. The fourth-order valence-corrected chi connectivity index (χ4v) is 1.36. The standard InChI is InChI=1S/C9H20N2/c1-8(2,3)9(4)7-10-5-6-11-9/h10-11H,5-7H2,1-4H3. The first-order chi connectivity index (χ1) is 4.96. The molecule has 1 aliphatic heterocycles. The normalized spacial score (nSPS) is 33.8. The largest absolute Gasteiger partial charge is 0.314 e. The van der Waals surface area contributed by atoms with Crippen LogP contribution < -0.4 is 10.6 Å². The number of rotatable bonds is 0. The maximum atomic E-state index is 3.57. The maximum Gasteiger partial charge on any atom is 0.0327 e. The minimum absolute atomic E-state index is 0.255. The van der Waals surface area contributed by atoms with E-state index in [0.717, 1.165) is 19.6 Å². The quantitative estimate of drug-likeness (QED) is 0.546. The van der Waals surface area contributed by atoms with Gasteiger partial charge in [-0.3, -0.25) is 0 Å². The van der Waals surface area contributed by atoms with Crippen molar-refractivity contribution in [3.8, 4) is 0 Å². The average molecular weight is 156 g/mol. The van der Waals surface area contributed by atoms with Gasteiger partial charge in [-0.15, -0.1) is 0 Å². The molecule has 1 heterocycles. The van der Waals surface area contributed by atoms with E-state index < -0.39 is 0 Å². The topological polar surface area (TPSA) is 24.1 Å². The molecule has 66 valence electrons. The number of nitrogens with one attached hydrogen (secondary N) is 2. The van der Waals surface area contributed by atoms with E-state index in [4.69, 9.17) is 0 Å².